The minimum Gasteiger partial charge on any atom is -0.481 e. The molecule has 1 aromatic rings. The van der Waals surface area contributed by atoms with Crippen molar-refractivity contribution in [3.8, 4) is 0 Å². The number of hydrogen-bond acceptors (Lipinski definition) is 4. The Labute approximate surface area is 112 Å². The molecule has 0 aromatic carbocycles. The molecule has 1 unspecified atom stereocenters. The molecule has 0 aliphatic carbocycles. The number of carboxylic acids is 1. The van der Waals surface area contributed by atoms with Crippen LogP contribution in [-0.2, 0) is 11.2 Å². The summed E-state index contributed by atoms with van der Waals surface area (Å²) in [5.41, 5.74) is 0.176. The first-order valence-corrected chi connectivity index (χ1v) is 7.13. The third kappa shape index (κ3) is 2.90. The molecule has 1 fully saturated rings. The van der Waals surface area contributed by atoms with E-state index in [0.717, 1.165) is 30.2 Å². The van der Waals surface area contributed by atoms with E-state index >= 15 is 0 Å². The Morgan fingerprint density at radius 3 is 2.94 bits per heavy atom. The van der Waals surface area contributed by atoms with Gasteiger partial charge in [0, 0.05) is 24.3 Å². The van der Waals surface area contributed by atoms with Crippen molar-refractivity contribution < 1.29 is 9.90 Å². The first kappa shape index (κ1) is 13.5. The lowest BCUT2D eigenvalue weighted by atomic mass is 9.88. The van der Waals surface area contributed by atoms with Gasteiger partial charge in [0.05, 0.1) is 16.1 Å². The molecule has 0 saturated carbocycles. The molecule has 2 rings (SSSR count). The number of hydrogen-bond donors (Lipinski definition) is 1. The molecule has 0 spiro atoms. The predicted molar refractivity (Wildman–Crippen MR) is 72.1 cm³/mol. The van der Waals surface area contributed by atoms with Gasteiger partial charge >= 0.3 is 5.97 Å². The van der Waals surface area contributed by atoms with Gasteiger partial charge < -0.3 is 10.0 Å². The van der Waals surface area contributed by atoms with Crippen LogP contribution in [0.15, 0.2) is 5.38 Å². The number of thiazole rings is 1. The zero-order valence-electron chi connectivity index (χ0n) is 11.1. The number of nitrogens with zero attached hydrogens (tertiary/aromatic N) is 2. The molecular formula is C13H20N2O2S. The fourth-order valence-electron chi connectivity index (χ4n) is 2.26. The SMILES string of the molecule is CN1CCC(c2nc(CC(C)(C)C(=O)O)cs2)C1. The number of likely N-dealkylation sites (N-methyl/N-ethyl adjacent to an activating group) is 1. The number of carboxylic acid groups (broad SMARTS) is 1. The molecule has 0 radical (unpaired) electrons. The lowest BCUT2D eigenvalue weighted by Crippen LogP contribution is -2.26. The minimum absolute atomic E-state index is 0.501. The second kappa shape index (κ2) is 4.97. The second-order valence-corrected chi connectivity index (χ2v) is 6.68. The summed E-state index contributed by atoms with van der Waals surface area (Å²) in [7, 11) is 2.13. The second-order valence-electron chi connectivity index (χ2n) is 5.79. The standard InChI is InChI=1S/C13H20N2O2S/c1-13(2,12(16)17)6-10-8-18-11(14-10)9-4-5-15(3)7-9/h8-9H,4-7H2,1-3H3,(H,16,17). The summed E-state index contributed by atoms with van der Waals surface area (Å²) in [4.78, 5) is 18.0. The number of aliphatic carboxylic acids is 1. The van der Waals surface area contributed by atoms with E-state index in [0.29, 0.717) is 12.3 Å². The molecule has 0 amide bonds. The number of likely N-dealkylation sites (tertiary alicyclic amines) is 1. The maximum absolute atomic E-state index is 11.1. The van der Waals surface area contributed by atoms with Crippen LogP contribution in [0.1, 0.15) is 36.9 Å². The topological polar surface area (TPSA) is 53.4 Å². The van der Waals surface area contributed by atoms with E-state index in [1.54, 1.807) is 25.2 Å². The van der Waals surface area contributed by atoms with Gasteiger partial charge in [-0.1, -0.05) is 0 Å². The molecule has 1 atom stereocenters. The Hall–Kier alpha value is -0.940. The normalized spacial score (nSPS) is 21.4. The average Bonchev–Trinajstić information content (AvgIpc) is 2.86. The Morgan fingerprint density at radius 2 is 2.39 bits per heavy atom. The smallest absolute Gasteiger partial charge is 0.309 e. The lowest BCUT2D eigenvalue weighted by molar-refractivity contribution is -0.146. The van der Waals surface area contributed by atoms with E-state index in [2.05, 4.69) is 16.9 Å². The first-order chi connectivity index (χ1) is 8.38. The summed E-state index contributed by atoms with van der Waals surface area (Å²) >= 11 is 1.67. The van der Waals surface area contributed by atoms with Crippen LogP contribution in [0.4, 0.5) is 0 Å². The first-order valence-electron chi connectivity index (χ1n) is 6.25. The van der Waals surface area contributed by atoms with Crippen molar-refractivity contribution >= 4 is 17.3 Å². The van der Waals surface area contributed by atoms with E-state index in [1.807, 2.05) is 5.38 Å². The van der Waals surface area contributed by atoms with Gasteiger partial charge in [0.1, 0.15) is 0 Å². The van der Waals surface area contributed by atoms with Crippen LogP contribution in [0.25, 0.3) is 0 Å². The molecule has 1 aliphatic heterocycles. The van der Waals surface area contributed by atoms with Crippen LogP contribution < -0.4 is 0 Å². The van der Waals surface area contributed by atoms with Crippen molar-refractivity contribution in [1.29, 1.82) is 0 Å². The van der Waals surface area contributed by atoms with Crippen LogP contribution in [-0.4, -0.2) is 41.1 Å². The Bertz CT molecular complexity index is 442. The van der Waals surface area contributed by atoms with E-state index < -0.39 is 11.4 Å². The molecule has 1 saturated heterocycles. The molecule has 1 aliphatic rings. The summed E-state index contributed by atoms with van der Waals surface area (Å²) in [6.45, 7) is 5.69. The van der Waals surface area contributed by atoms with Crippen LogP contribution in [0, 0.1) is 5.41 Å². The lowest BCUT2D eigenvalue weighted by Gasteiger charge is -2.17. The van der Waals surface area contributed by atoms with Gasteiger partial charge in [0.25, 0.3) is 0 Å². The molecule has 100 valence electrons. The fourth-order valence-corrected chi connectivity index (χ4v) is 3.20. The van der Waals surface area contributed by atoms with Gasteiger partial charge in [-0.3, -0.25) is 4.79 Å². The van der Waals surface area contributed by atoms with Gasteiger partial charge in [-0.15, -0.1) is 11.3 Å². The maximum Gasteiger partial charge on any atom is 0.309 e. The van der Waals surface area contributed by atoms with Crippen molar-refractivity contribution in [1.82, 2.24) is 9.88 Å². The largest absolute Gasteiger partial charge is 0.481 e. The van der Waals surface area contributed by atoms with Gasteiger partial charge in [-0.05, 0) is 33.9 Å². The van der Waals surface area contributed by atoms with Crippen LogP contribution in [0.5, 0.6) is 0 Å². The molecule has 0 bridgehead atoms. The highest BCUT2D eigenvalue weighted by Gasteiger charge is 2.29. The quantitative estimate of drug-likeness (QED) is 0.909. The minimum atomic E-state index is -0.766. The average molecular weight is 268 g/mol. The Morgan fingerprint density at radius 1 is 1.67 bits per heavy atom. The summed E-state index contributed by atoms with van der Waals surface area (Å²) in [5.74, 6) is -0.237. The highest BCUT2D eigenvalue weighted by molar-refractivity contribution is 7.09. The summed E-state index contributed by atoms with van der Waals surface area (Å²) in [5, 5.41) is 12.3. The molecule has 5 heteroatoms. The summed E-state index contributed by atoms with van der Waals surface area (Å²) in [6, 6.07) is 0. The predicted octanol–water partition coefficient (Wildman–Crippen LogP) is 2.22. The zero-order valence-corrected chi connectivity index (χ0v) is 12.0. The highest BCUT2D eigenvalue weighted by Crippen LogP contribution is 2.30. The van der Waals surface area contributed by atoms with Crippen molar-refractivity contribution in [2.45, 2.75) is 32.6 Å². The third-order valence-electron chi connectivity index (χ3n) is 3.51. The molecule has 2 heterocycles. The Balaban J connectivity index is 2.04. The fraction of sp³-hybridized carbons (Fsp3) is 0.692. The molecular weight excluding hydrogens is 248 g/mol. The van der Waals surface area contributed by atoms with E-state index in [4.69, 9.17) is 5.11 Å². The van der Waals surface area contributed by atoms with E-state index in [-0.39, 0.29) is 0 Å². The monoisotopic (exact) mass is 268 g/mol. The molecule has 4 nitrogen and oxygen atoms in total. The number of carbonyl (C=O) groups is 1. The summed E-state index contributed by atoms with van der Waals surface area (Å²) < 4.78 is 0. The van der Waals surface area contributed by atoms with Gasteiger partial charge in [-0.25, -0.2) is 4.98 Å². The molecule has 1 N–H and O–H groups in total. The number of aromatic nitrogens is 1. The van der Waals surface area contributed by atoms with Crippen molar-refractivity contribution in [2.75, 3.05) is 20.1 Å². The van der Waals surface area contributed by atoms with Gasteiger partial charge in [-0.2, -0.15) is 0 Å². The van der Waals surface area contributed by atoms with Gasteiger partial charge in [0.15, 0.2) is 0 Å². The molecule has 18 heavy (non-hydrogen) atoms. The van der Waals surface area contributed by atoms with E-state index in [9.17, 15) is 4.79 Å². The van der Waals surface area contributed by atoms with Gasteiger partial charge in [0.2, 0.25) is 0 Å². The zero-order chi connectivity index (χ0) is 13.3. The van der Waals surface area contributed by atoms with Crippen molar-refractivity contribution in [3.05, 3.63) is 16.1 Å². The van der Waals surface area contributed by atoms with Crippen LogP contribution >= 0.6 is 11.3 Å². The van der Waals surface area contributed by atoms with E-state index in [1.165, 1.54) is 0 Å². The van der Waals surface area contributed by atoms with Crippen LogP contribution in [0.3, 0.4) is 0 Å². The third-order valence-corrected chi connectivity index (χ3v) is 4.57. The molecule has 1 aromatic heterocycles. The summed E-state index contributed by atoms with van der Waals surface area (Å²) in [6.07, 6.45) is 1.66. The maximum atomic E-state index is 11.1. The number of rotatable bonds is 4. The highest BCUT2D eigenvalue weighted by atomic mass is 32.1. The van der Waals surface area contributed by atoms with Crippen molar-refractivity contribution in [2.24, 2.45) is 5.41 Å². The van der Waals surface area contributed by atoms with Crippen LogP contribution in [0.2, 0.25) is 0 Å². The van der Waals surface area contributed by atoms with Crippen molar-refractivity contribution in [3.63, 3.8) is 0 Å². The Kier molecular flexibility index (Phi) is 3.73.